The number of nitrogens with zero attached hydrogens (tertiary/aromatic N) is 1. The minimum Gasteiger partial charge on any atom is -0.479 e. The zero-order valence-electron chi connectivity index (χ0n) is 10.8. The molecule has 6 N–H and O–H groups in total. The van der Waals surface area contributed by atoms with Crippen LogP contribution < -0.4 is 0 Å². The summed E-state index contributed by atoms with van der Waals surface area (Å²) in [6.45, 7) is 0. The molecule has 0 radical (unpaired) electrons. The highest BCUT2D eigenvalue weighted by Crippen LogP contribution is 2.28. The number of imidazole rings is 1. The summed E-state index contributed by atoms with van der Waals surface area (Å²) in [5.41, 5.74) is 0.771. The van der Waals surface area contributed by atoms with E-state index < -0.39 is 30.4 Å². The van der Waals surface area contributed by atoms with Gasteiger partial charge >= 0.3 is 5.97 Å². The first-order valence-corrected chi connectivity index (χ1v) is 6.77. The number of carboxylic acids is 1. The first-order valence-electron chi connectivity index (χ1n) is 6.02. The summed E-state index contributed by atoms with van der Waals surface area (Å²) in [4.78, 5) is 17.2. The second-order valence-electron chi connectivity index (χ2n) is 4.61. The Morgan fingerprint density at radius 2 is 1.68 bits per heavy atom. The molecular formula is C12H12Cl2N2O6. The number of rotatable bonds is 5. The molecule has 8 nitrogen and oxygen atoms in total. The Bertz CT molecular complexity index is 667. The van der Waals surface area contributed by atoms with Crippen LogP contribution in [0.25, 0.3) is 11.0 Å². The van der Waals surface area contributed by atoms with Gasteiger partial charge in [0.25, 0.3) is 0 Å². The highest BCUT2D eigenvalue weighted by atomic mass is 35.5. The Morgan fingerprint density at radius 1 is 1.09 bits per heavy atom. The van der Waals surface area contributed by atoms with E-state index in [1.54, 1.807) is 0 Å². The molecular weight excluding hydrogens is 339 g/mol. The molecule has 0 saturated heterocycles. The third-order valence-electron chi connectivity index (χ3n) is 3.07. The lowest BCUT2D eigenvalue weighted by Gasteiger charge is -2.23. The Morgan fingerprint density at radius 3 is 2.27 bits per heavy atom. The minimum atomic E-state index is -2.25. The molecule has 2 rings (SSSR count). The molecule has 1 heterocycles. The number of benzene rings is 1. The van der Waals surface area contributed by atoms with Gasteiger partial charge in [0.05, 0.1) is 21.1 Å². The largest absolute Gasteiger partial charge is 0.479 e. The van der Waals surface area contributed by atoms with E-state index in [4.69, 9.17) is 28.3 Å². The van der Waals surface area contributed by atoms with Crippen LogP contribution in [0.2, 0.25) is 10.0 Å². The number of carboxylic acid groups (broad SMARTS) is 1. The van der Waals surface area contributed by atoms with Crippen LogP contribution in [0.15, 0.2) is 12.1 Å². The third kappa shape index (κ3) is 3.17. The van der Waals surface area contributed by atoms with Gasteiger partial charge in [0.1, 0.15) is 24.1 Å². The van der Waals surface area contributed by atoms with Crippen LogP contribution in [-0.2, 0) is 4.79 Å². The van der Waals surface area contributed by atoms with Crippen molar-refractivity contribution in [3.63, 3.8) is 0 Å². The molecule has 0 aliphatic heterocycles. The van der Waals surface area contributed by atoms with Gasteiger partial charge < -0.3 is 30.5 Å². The van der Waals surface area contributed by atoms with E-state index in [1.807, 2.05) is 0 Å². The molecule has 120 valence electrons. The van der Waals surface area contributed by atoms with Crippen LogP contribution in [-0.4, -0.2) is 59.8 Å². The van der Waals surface area contributed by atoms with Crippen molar-refractivity contribution >= 4 is 40.2 Å². The summed E-state index contributed by atoms with van der Waals surface area (Å²) in [5, 5.41) is 47.5. The minimum absolute atomic E-state index is 0.141. The molecule has 1 aromatic heterocycles. The molecule has 1 aromatic carbocycles. The summed E-state index contributed by atoms with van der Waals surface area (Å²) >= 11 is 11.7. The molecule has 0 saturated carbocycles. The summed E-state index contributed by atoms with van der Waals surface area (Å²) < 4.78 is 0. The van der Waals surface area contributed by atoms with Crippen LogP contribution >= 0.6 is 23.2 Å². The quantitative estimate of drug-likeness (QED) is 0.447. The zero-order valence-corrected chi connectivity index (χ0v) is 12.3. The highest BCUT2D eigenvalue weighted by molar-refractivity contribution is 6.42. The smallest absolute Gasteiger partial charge is 0.335 e. The van der Waals surface area contributed by atoms with Gasteiger partial charge in [-0.1, -0.05) is 23.2 Å². The van der Waals surface area contributed by atoms with Gasteiger partial charge in [-0.05, 0) is 12.1 Å². The standard InChI is InChI=1S/C12H12Cl2N2O6/c13-3-1-5-6(2-4(3)14)16-11(15-5)9(19)7(17)8(18)10(20)12(21)22/h1-2,7-10,17-20H,(H,15,16)(H,21,22)/t7-,8-,9?,10?/m0/s1. The molecule has 0 fully saturated rings. The summed E-state index contributed by atoms with van der Waals surface area (Å²) in [6, 6.07) is 2.89. The van der Waals surface area contributed by atoms with Gasteiger partial charge in [0.2, 0.25) is 0 Å². The number of aliphatic hydroxyl groups excluding tert-OH is 4. The maximum atomic E-state index is 10.6. The molecule has 0 spiro atoms. The third-order valence-corrected chi connectivity index (χ3v) is 3.79. The fraction of sp³-hybridized carbons (Fsp3) is 0.333. The van der Waals surface area contributed by atoms with Crippen molar-refractivity contribution in [2.75, 3.05) is 0 Å². The second-order valence-corrected chi connectivity index (χ2v) is 5.43. The van der Waals surface area contributed by atoms with E-state index in [9.17, 15) is 25.2 Å². The Kier molecular flexibility index (Phi) is 4.90. The average molecular weight is 351 g/mol. The van der Waals surface area contributed by atoms with Crippen LogP contribution in [0.5, 0.6) is 0 Å². The molecule has 10 heteroatoms. The average Bonchev–Trinajstić information content (AvgIpc) is 2.87. The van der Waals surface area contributed by atoms with E-state index >= 15 is 0 Å². The Hall–Kier alpha value is -1.42. The van der Waals surface area contributed by atoms with Crippen LogP contribution in [0.4, 0.5) is 0 Å². The van der Waals surface area contributed by atoms with Crippen molar-refractivity contribution in [3.8, 4) is 0 Å². The number of aliphatic carboxylic acids is 1. The number of halogens is 2. The fourth-order valence-corrected chi connectivity index (χ4v) is 2.17. The fourth-order valence-electron chi connectivity index (χ4n) is 1.85. The normalized spacial score (nSPS) is 17.2. The predicted octanol–water partition coefficient (Wildman–Crippen LogP) is 0.0704. The topological polar surface area (TPSA) is 147 Å². The Labute approximate surface area is 133 Å². The Balaban J connectivity index is 2.29. The monoisotopic (exact) mass is 350 g/mol. The lowest BCUT2D eigenvalue weighted by atomic mass is 10.0. The van der Waals surface area contributed by atoms with Crippen molar-refractivity contribution in [2.24, 2.45) is 0 Å². The SMILES string of the molecule is O=C(O)C(O)[C@@H](O)[C@H](O)C(O)c1nc2cc(Cl)c(Cl)cc2[nH]1. The molecule has 2 unspecified atom stereocenters. The van der Waals surface area contributed by atoms with Crippen molar-refractivity contribution in [1.29, 1.82) is 0 Å². The molecule has 0 aliphatic rings. The number of hydrogen-bond acceptors (Lipinski definition) is 6. The molecule has 2 aromatic rings. The predicted molar refractivity (Wildman–Crippen MR) is 76.7 cm³/mol. The van der Waals surface area contributed by atoms with Crippen molar-refractivity contribution in [3.05, 3.63) is 28.0 Å². The van der Waals surface area contributed by atoms with Gasteiger partial charge in [-0.3, -0.25) is 0 Å². The summed E-state index contributed by atoms with van der Waals surface area (Å²) in [5.74, 6) is -1.88. The molecule has 0 amide bonds. The van der Waals surface area contributed by atoms with E-state index in [-0.39, 0.29) is 15.9 Å². The van der Waals surface area contributed by atoms with Gasteiger partial charge in [-0.2, -0.15) is 0 Å². The maximum absolute atomic E-state index is 10.6. The van der Waals surface area contributed by atoms with Gasteiger partial charge in [0, 0.05) is 0 Å². The first kappa shape index (κ1) is 16.9. The number of H-pyrrole nitrogens is 1. The number of aromatic nitrogens is 2. The number of fused-ring (bicyclic) bond motifs is 1. The molecule has 22 heavy (non-hydrogen) atoms. The first-order chi connectivity index (χ1) is 10.2. The van der Waals surface area contributed by atoms with Gasteiger partial charge in [-0.15, -0.1) is 0 Å². The van der Waals surface area contributed by atoms with Crippen molar-refractivity contribution < 1.29 is 30.3 Å². The summed E-state index contributed by atoms with van der Waals surface area (Å²) in [7, 11) is 0. The van der Waals surface area contributed by atoms with E-state index in [0.717, 1.165) is 0 Å². The van der Waals surface area contributed by atoms with Crippen LogP contribution in [0.3, 0.4) is 0 Å². The lowest BCUT2D eigenvalue weighted by molar-refractivity contribution is -0.163. The highest BCUT2D eigenvalue weighted by Gasteiger charge is 2.36. The van der Waals surface area contributed by atoms with E-state index in [1.165, 1.54) is 12.1 Å². The second kappa shape index (κ2) is 6.37. The number of aliphatic hydroxyl groups is 4. The van der Waals surface area contributed by atoms with E-state index in [0.29, 0.717) is 11.0 Å². The zero-order chi connectivity index (χ0) is 16.6. The number of carbonyl (C=O) groups is 1. The lowest BCUT2D eigenvalue weighted by Crippen LogP contribution is -2.45. The maximum Gasteiger partial charge on any atom is 0.335 e. The van der Waals surface area contributed by atoms with Crippen LogP contribution in [0, 0.1) is 0 Å². The molecule has 0 bridgehead atoms. The van der Waals surface area contributed by atoms with Gasteiger partial charge in [0.15, 0.2) is 6.10 Å². The van der Waals surface area contributed by atoms with Crippen molar-refractivity contribution in [1.82, 2.24) is 9.97 Å². The van der Waals surface area contributed by atoms with Crippen LogP contribution in [0.1, 0.15) is 11.9 Å². The van der Waals surface area contributed by atoms with E-state index in [2.05, 4.69) is 9.97 Å². The van der Waals surface area contributed by atoms with Gasteiger partial charge in [-0.25, -0.2) is 9.78 Å². The molecule has 4 atom stereocenters. The molecule has 0 aliphatic carbocycles. The van der Waals surface area contributed by atoms with Crippen molar-refractivity contribution in [2.45, 2.75) is 24.4 Å². The summed E-state index contributed by atoms with van der Waals surface area (Å²) in [6.07, 6.45) is -8.09. The number of nitrogens with one attached hydrogen (secondary N) is 1. The number of hydrogen-bond donors (Lipinski definition) is 6. The number of aromatic amines is 1.